The van der Waals surface area contributed by atoms with Crippen molar-refractivity contribution in [2.24, 2.45) is 0 Å². The number of rotatable bonds is 9. The first kappa shape index (κ1) is 13.2. The van der Waals surface area contributed by atoms with Crippen LogP contribution < -0.4 is 5.32 Å². The van der Waals surface area contributed by atoms with E-state index in [1.807, 2.05) is 0 Å². The molecular weight excluding hydrogens is 178 g/mol. The zero-order valence-electron chi connectivity index (χ0n) is 8.96. The Bertz CT molecular complexity index is 167. The van der Waals surface area contributed by atoms with Crippen LogP contribution >= 0.6 is 0 Å². The number of hydrogen-bond donors (Lipinski definition) is 2. The molecule has 0 aliphatic heterocycles. The molecule has 0 bridgehead atoms. The number of nitrogens with one attached hydrogen (secondary N) is 1. The summed E-state index contributed by atoms with van der Waals surface area (Å²) in [4.78, 5) is 10.1. The number of allylic oxidation sites excluding steroid dienone is 2. The van der Waals surface area contributed by atoms with E-state index in [1.165, 1.54) is 19.3 Å². The SMILES string of the molecule is CCCCC=CCCCNCC(=O)O. The Morgan fingerprint density at radius 3 is 2.50 bits per heavy atom. The minimum atomic E-state index is -0.788. The highest BCUT2D eigenvalue weighted by molar-refractivity contribution is 5.68. The normalized spacial score (nSPS) is 10.9. The molecule has 2 N–H and O–H groups in total. The number of carboxylic acids is 1. The van der Waals surface area contributed by atoms with Crippen molar-refractivity contribution in [3.05, 3.63) is 12.2 Å². The fraction of sp³-hybridized carbons (Fsp3) is 0.727. The maximum Gasteiger partial charge on any atom is 0.317 e. The van der Waals surface area contributed by atoms with Crippen LogP contribution in [-0.4, -0.2) is 24.2 Å². The third-order valence-electron chi connectivity index (χ3n) is 1.89. The molecule has 0 rings (SSSR count). The highest BCUT2D eigenvalue weighted by Crippen LogP contribution is 1.97. The lowest BCUT2D eigenvalue weighted by Crippen LogP contribution is -2.23. The number of aliphatic carboxylic acids is 1. The lowest BCUT2D eigenvalue weighted by atomic mass is 10.2. The predicted molar refractivity (Wildman–Crippen MR) is 58.4 cm³/mol. The Hall–Kier alpha value is -0.830. The van der Waals surface area contributed by atoms with Gasteiger partial charge in [-0.05, 0) is 25.8 Å². The molecule has 0 aliphatic rings. The van der Waals surface area contributed by atoms with Crippen LogP contribution in [0, 0.1) is 0 Å². The summed E-state index contributed by atoms with van der Waals surface area (Å²) in [5.41, 5.74) is 0. The van der Waals surface area contributed by atoms with Crippen LogP contribution in [-0.2, 0) is 4.79 Å². The second kappa shape index (κ2) is 10.3. The molecule has 0 fully saturated rings. The molecule has 0 aromatic rings. The Morgan fingerprint density at radius 2 is 1.93 bits per heavy atom. The third kappa shape index (κ3) is 11.2. The second-order valence-corrected chi connectivity index (χ2v) is 3.33. The molecule has 82 valence electrons. The van der Waals surface area contributed by atoms with Crippen molar-refractivity contribution in [3.8, 4) is 0 Å². The van der Waals surface area contributed by atoms with Gasteiger partial charge in [0, 0.05) is 0 Å². The van der Waals surface area contributed by atoms with Gasteiger partial charge < -0.3 is 10.4 Å². The first-order chi connectivity index (χ1) is 6.77. The van der Waals surface area contributed by atoms with Crippen LogP contribution in [0.3, 0.4) is 0 Å². The summed E-state index contributed by atoms with van der Waals surface area (Å²) >= 11 is 0. The van der Waals surface area contributed by atoms with Crippen molar-refractivity contribution in [1.29, 1.82) is 0 Å². The van der Waals surface area contributed by atoms with Gasteiger partial charge in [0.1, 0.15) is 0 Å². The molecule has 0 spiro atoms. The van der Waals surface area contributed by atoms with Gasteiger partial charge in [-0.25, -0.2) is 0 Å². The average Bonchev–Trinajstić information content (AvgIpc) is 2.15. The Kier molecular flexibility index (Phi) is 9.64. The fourth-order valence-corrected chi connectivity index (χ4v) is 1.10. The van der Waals surface area contributed by atoms with E-state index in [4.69, 9.17) is 5.11 Å². The van der Waals surface area contributed by atoms with Gasteiger partial charge in [0.05, 0.1) is 6.54 Å². The van der Waals surface area contributed by atoms with Gasteiger partial charge in [0.25, 0.3) is 0 Å². The van der Waals surface area contributed by atoms with Crippen molar-refractivity contribution in [2.45, 2.75) is 39.0 Å². The van der Waals surface area contributed by atoms with Crippen molar-refractivity contribution in [3.63, 3.8) is 0 Å². The van der Waals surface area contributed by atoms with Gasteiger partial charge in [0.2, 0.25) is 0 Å². The van der Waals surface area contributed by atoms with Crippen LogP contribution in [0.4, 0.5) is 0 Å². The largest absolute Gasteiger partial charge is 0.480 e. The van der Waals surface area contributed by atoms with Gasteiger partial charge in [-0.3, -0.25) is 4.79 Å². The number of unbranched alkanes of at least 4 members (excludes halogenated alkanes) is 3. The zero-order chi connectivity index (χ0) is 10.6. The summed E-state index contributed by atoms with van der Waals surface area (Å²) in [5.74, 6) is -0.788. The molecule has 3 nitrogen and oxygen atoms in total. The standard InChI is InChI=1S/C11H21NO2/c1-2-3-4-5-6-7-8-9-12-10-11(13)14/h5-6,12H,2-4,7-10H2,1H3,(H,13,14). The molecule has 0 saturated carbocycles. The lowest BCUT2D eigenvalue weighted by Gasteiger charge is -1.98. The summed E-state index contributed by atoms with van der Waals surface area (Å²) < 4.78 is 0. The molecule has 0 radical (unpaired) electrons. The average molecular weight is 199 g/mol. The second-order valence-electron chi connectivity index (χ2n) is 3.33. The van der Waals surface area contributed by atoms with Crippen molar-refractivity contribution in [2.75, 3.05) is 13.1 Å². The first-order valence-electron chi connectivity index (χ1n) is 5.35. The van der Waals surface area contributed by atoms with E-state index in [0.29, 0.717) is 0 Å². The molecule has 0 aromatic carbocycles. The quantitative estimate of drug-likeness (QED) is 0.442. The van der Waals surface area contributed by atoms with Gasteiger partial charge in [-0.2, -0.15) is 0 Å². The molecule has 14 heavy (non-hydrogen) atoms. The van der Waals surface area contributed by atoms with E-state index in [9.17, 15) is 4.79 Å². The molecule has 0 amide bonds. The van der Waals surface area contributed by atoms with Crippen molar-refractivity contribution in [1.82, 2.24) is 5.32 Å². The summed E-state index contributed by atoms with van der Waals surface area (Å²) in [6.07, 6.45) is 10.1. The predicted octanol–water partition coefficient (Wildman–Crippen LogP) is 2.19. The van der Waals surface area contributed by atoms with Crippen molar-refractivity contribution >= 4 is 5.97 Å². The highest BCUT2D eigenvalue weighted by atomic mass is 16.4. The number of carbonyl (C=O) groups is 1. The van der Waals surface area contributed by atoms with E-state index in [-0.39, 0.29) is 6.54 Å². The monoisotopic (exact) mass is 199 g/mol. The van der Waals surface area contributed by atoms with Gasteiger partial charge in [-0.1, -0.05) is 31.9 Å². The minimum absolute atomic E-state index is 0.0690. The third-order valence-corrected chi connectivity index (χ3v) is 1.89. The van der Waals surface area contributed by atoms with E-state index in [1.54, 1.807) is 0 Å². The van der Waals surface area contributed by atoms with Crippen molar-refractivity contribution < 1.29 is 9.90 Å². The maximum absolute atomic E-state index is 10.1. The van der Waals surface area contributed by atoms with Crippen LogP contribution in [0.1, 0.15) is 39.0 Å². The summed E-state index contributed by atoms with van der Waals surface area (Å²) in [6, 6.07) is 0. The molecular formula is C11H21NO2. The fourth-order valence-electron chi connectivity index (χ4n) is 1.10. The zero-order valence-corrected chi connectivity index (χ0v) is 8.96. The van der Waals surface area contributed by atoms with Crippen LogP contribution in [0.25, 0.3) is 0 Å². The summed E-state index contributed by atoms with van der Waals surface area (Å²) in [5, 5.41) is 11.2. The van der Waals surface area contributed by atoms with E-state index in [0.717, 1.165) is 19.4 Å². The number of carboxylic acid groups (broad SMARTS) is 1. The van der Waals surface area contributed by atoms with Gasteiger partial charge in [0.15, 0.2) is 0 Å². The Morgan fingerprint density at radius 1 is 1.29 bits per heavy atom. The van der Waals surface area contributed by atoms with Crippen LogP contribution in [0.2, 0.25) is 0 Å². The summed E-state index contributed by atoms with van der Waals surface area (Å²) in [7, 11) is 0. The molecule has 0 atom stereocenters. The van der Waals surface area contributed by atoms with E-state index < -0.39 is 5.97 Å². The molecule has 0 aromatic heterocycles. The van der Waals surface area contributed by atoms with Crippen LogP contribution in [0.5, 0.6) is 0 Å². The maximum atomic E-state index is 10.1. The van der Waals surface area contributed by atoms with Gasteiger partial charge >= 0.3 is 5.97 Å². The number of hydrogen-bond acceptors (Lipinski definition) is 2. The molecule has 0 aliphatic carbocycles. The smallest absolute Gasteiger partial charge is 0.317 e. The molecule has 0 heterocycles. The lowest BCUT2D eigenvalue weighted by molar-refractivity contribution is -0.135. The first-order valence-corrected chi connectivity index (χ1v) is 5.35. The molecule has 0 unspecified atom stereocenters. The van der Waals surface area contributed by atoms with Crippen LogP contribution in [0.15, 0.2) is 12.2 Å². The molecule has 3 heteroatoms. The highest BCUT2D eigenvalue weighted by Gasteiger charge is 1.92. The topological polar surface area (TPSA) is 49.3 Å². The summed E-state index contributed by atoms with van der Waals surface area (Å²) in [6.45, 7) is 3.04. The van der Waals surface area contributed by atoms with E-state index in [2.05, 4.69) is 24.4 Å². The van der Waals surface area contributed by atoms with Gasteiger partial charge in [-0.15, -0.1) is 0 Å². The van der Waals surface area contributed by atoms with E-state index >= 15 is 0 Å². The Balaban J connectivity index is 3.05. The minimum Gasteiger partial charge on any atom is -0.480 e. The molecule has 0 saturated heterocycles. The Labute approximate surface area is 86.2 Å².